The average molecular weight is 286 g/mol. The summed E-state index contributed by atoms with van der Waals surface area (Å²) in [6, 6.07) is 8.63. The van der Waals surface area contributed by atoms with Crippen LogP contribution in [0.25, 0.3) is 11.5 Å². The first kappa shape index (κ1) is 14.1. The van der Waals surface area contributed by atoms with Crippen molar-refractivity contribution in [1.29, 1.82) is 0 Å². The minimum absolute atomic E-state index is 0.469. The van der Waals surface area contributed by atoms with Gasteiger partial charge in [0.1, 0.15) is 0 Å². The summed E-state index contributed by atoms with van der Waals surface area (Å²) < 4.78 is 5.25. The molecule has 5 nitrogen and oxygen atoms in total. The molecule has 0 radical (unpaired) electrons. The molecular formula is C16H22N4O. The van der Waals surface area contributed by atoms with Gasteiger partial charge in [0, 0.05) is 17.3 Å². The average Bonchev–Trinajstić information content (AvgIpc) is 3.02. The van der Waals surface area contributed by atoms with Gasteiger partial charge in [-0.25, -0.2) is 0 Å². The standard InChI is InChI=1S/C16H22N4O/c1-12(13-6-8-20(2)9-7-13)18-15-5-3-4-14(10-15)16-19-17-11-21-16/h3-5,10-13,18H,6-9H2,1-2H3. The van der Waals surface area contributed by atoms with Gasteiger partial charge in [0.15, 0.2) is 0 Å². The van der Waals surface area contributed by atoms with E-state index in [1.807, 2.05) is 12.1 Å². The Bertz CT molecular complexity index is 561. The number of nitrogens with one attached hydrogen (secondary N) is 1. The van der Waals surface area contributed by atoms with Gasteiger partial charge in [-0.3, -0.25) is 0 Å². The second kappa shape index (κ2) is 6.26. The molecule has 21 heavy (non-hydrogen) atoms. The highest BCUT2D eigenvalue weighted by molar-refractivity contribution is 5.61. The third kappa shape index (κ3) is 3.42. The largest absolute Gasteiger partial charge is 0.423 e. The van der Waals surface area contributed by atoms with E-state index in [4.69, 9.17) is 4.42 Å². The Morgan fingerprint density at radius 1 is 1.33 bits per heavy atom. The molecule has 1 aromatic carbocycles. The van der Waals surface area contributed by atoms with E-state index < -0.39 is 0 Å². The molecule has 112 valence electrons. The summed E-state index contributed by atoms with van der Waals surface area (Å²) in [5.41, 5.74) is 2.06. The van der Waals surface area contributed by atoms with Crippen LogP contribution >= 0.6 is 0 Å². The summed E-state index contributed by atoms with van der Waals surface area (Å²) in [6.07, 6.45) is 3.87. The Morgan fingerprint density at radius 2 is 2.14 bits per heavy atom. The van der Waals surface area contributed by atoms with Gasteiger partial charge in [-0.05, 0) is 64.0 Å². The van der Waals surface area contributed by atoms with Gasteiger partial charge in [-0.15, -0.1) is 10.2 Å². The van der Waals surface area contributed by atoms with Crippen molar-refractivity contribution in [2.24, 2.45) is 5.92 Å². The van der Waals surface area contributed by atoms with Crippen molar-refractivity contribution in [3.63, 3.8) is 0 Å². The number of hydrogen-bond acceptors (Lipinski definition) is 5. The Labute approximate surface area is 125 Å². The third-order valence-electron chi connectivity index (χ3n) is 4.33. The van der Waals surface area contributed by atoms with Gasteiger partial charge in [0.2, 0.25) is 12.3 Å². The van der Waals surface area contributed by atoms with Crippen LogP contribution in [0.3, 0.4) is 0 Å². The van der Waals surface area contributed by atoms with Crippen LogP contribution in [0.15, 0.2) is 35.1 Å². The van der Waals surface area contributed by atoms with Gasteiger partial charge < -0.3 is 14.6 Å². The molecule has 0 spiro atoms. The highest BCUT2D eigenvalue weighted by Crippen LogP contribution is 2.25. The quantitative estimate of drug-likeness (QED) is 0.936. The summed E-state index contributed by atoms with van der Waals surface area (Å²) >= 11 is 0. The number of likely N-dealkylation sites (tertiary alicyclic amines) is 1. The van der Waals surface area contributed by atoms with Crippen molar-refractivity contribution in [2.75, 3.05) is 25.5 Å². The molecule has 1 unspecified atom stereocenters. The molecule has 5 heteroatoms. The molecule has 1 N–H and O–H groups in total. The number of hydrogen-bond donors (Lipinski definition) is 1. The molecule has 1 aliphatic rings. The molecule has 0 saturated carbocycles. The predicted octanol–water partition coefficient (Wildman–Crippen LogP) is 2.88. The zero-order chi connectivity index (χ0) is 14.7. The maximum Gasteiger partial charge on any atom is 0.247 e. The number of benzene rings is 1. The fourth-order valence-electron chi connectivity index (χ4n) is 2.95. The maximum absolute atomic E-state index is 5.25. The molecule has 3 rings (SSSR count). The summed E-state index contributed by atoms with van der Waals surface area (Å²) in [7, 11) is 2.20. The van der Waals surface area contributed by atoms with Crippen LogP contribution in [0, 0.1) is 5.92 Å². The number of aromatic nitrogens is 2. The summed E-state index contributed by atoms with van der Waals surface area (Å²) in [4.78, 5) is 2.40. The van der Waals surface area contributed by atoms with Crippen LogP contribution < -0.4 is 5.32 Å². The van der Waals surface area contributed by atoms with Crippen molar-refractivity contribution < 1.29 is 4.42 Å². The van der Waals surface area contributed by atoms with E-state index in [1.54, 1.807) is 0 Å². The van der Waals surface area contributed by atoms with Crippen molar-refractivity contribution in [2.45, 2.75) is 25.8 Å². The lowest BCUT2D eigenvalue weighted by Crippen LogP contribution is -2.37. The van der Waals surface area contributed by atoms with Crippen LogP contribution in [0.4, 0.5) is 5.69 Å². The Hall–Kier alpha value is -1.88. The molecular weight excluding hydrogens is 264 g/mol. The summed E-state index contributed by atoms with van der Waals surface area (Å²) in [6.45, 7) is 4.66. The van der Waals surface area contributed by atoms with Crippen molar-refractivity contribution in [3.05, 3.63) is 30.7 Å². The summed E-state index contributed by atoms with van der Waals surface area (Å²) in [5.74, 6) is 1.29. The fraction of sp³-hybridized carbons (Fsp3) is 0.500. The Kier molecular flexibility index (Phi) is 4.20. The zero-order valence-corrected chi connectivity index (χ0v) is 12.6. The van der Waals surface area contributed by atoms with Gasteiger partial charge >= 0.3 is 0 Å². The van der Waals surface area contributed by atoms with E-state index >= 15 is 0 Å². The molecule has 1 fully saturated rings. The van der Waals surface area contributed by atoms with Gasteiger partial charge in [0.25, 0.3) is 0 Å². The maximum atomic E-state index is 5.25. The highest BCUT2D eigenvalue weighted by atomic mass is 16.4. The number of anilines is 1. The van der Waals surface area contributed by atoms with Crippen molar-refractivity contribution >= 4 is 5.69 Å². The minimum atomic E-state index is 0.469. The second-order valence-corrected chi connectivity index (χ2v) is 5.90. The first-order valence-corrected chi connectivity index (χ1v) is 7.54. The lowest BCUT2D eigenvalue weighted by atomic mass is 9.90. The monoisotopic (exact) mass is 286 g/mol. The van der Waals surface area contributed by atoms with Crippen LogP contribution in [0.2, 0.25) is 0 Å². The van der Waals surface area contributed by atoms with E-state index in [0.717, 1.165) is 17.2 Å². The Morgan fingerprint density at radius 3 is 2.86 bits per heavy atom. The lowest BCUT2D eigenvalue weighted by Gasteiger charge is -2.33. The van der Waals surface area contributed by atoms with E-state index in [9.17, 15) is 0 Å². The Balaban J connectivity index is 1.66. The molecule has 1 saturated heterocycles. The summed E-state index contributed by atoms with van der Waals surface area (Å²) in [5, 5.41) is 11.3. The van der Waals surface area contributed by atoms with Crippen LogP contribution in [-0.2, 0) is 0 Å². The van der Waals surface area contributed by atoms with E-state index in [0.29, 0.717) is 11.9 Å². The van der Waals surface area contributed by atoms with Crippen LogP contribution in [0.1, 0.15) is 19.8 Å². The second-order valence-electron chi connectivity index (χ2n) is 5.90. The molecule has 1 atom stereocenters. The van der Waals surface area contributed by atoms with Crippen molar-refractivity contribution in [1.82, 2.24) is 15.1 Å². The van der Waals surface area contributed by atoms with E-state index in [-0.39, 0.29) is 0 Å². The van der Waals surface area contributed by atoms with Gasteiger partial charge in [0.05, 0.1) is 0 Å². The zero-order valence-electron chi connectivity index (χ0n) is 12.6. The first-order valence-electron chi connectivity index (χ1n) is 7.54. The van der Waals surface area contributed by atoms with Crippen LogP contribution in [-0.4, -0.2) is 41.3 Å². The first-order chi connectivity index (χ1) is 10.2. The van der Waals surface area contributed by atoms with Crippen molar-refractivity contribution in [3.8, 4) is 11.5 Å². The van der Waals surface area contributed by atoms with Gasteiger partial charge in [-0.2, -0.15) is 0 Å². The molecule has 2 aromatic rings. The smallest absolute Gasteiger partial charge is 0.247 e. The molecule has 1 aliphatic heterocycles. The number of rotatable bonds is 4. The van der Waals surface area contributed by atoms with Crippen LogP contribution in [0.5, 0.6) is 0 Å². The normalized spacial score (nSPS) is 18.6. The third-order valence-corrected chi connectivity index (χ3v) is 4.33. The van der Waals surface area contributed by atoms with E-state index in [2.05, 4.69) is 46.5 Å². The lowest BCUT2D eigenvalue weighted by molar-refractivity contribution is 0.208. The van der Waals surface area contributed by atoms with Gasteiger partial charge in [-0.1, -0.05) is 6.07 Å². The molecule has 0 aliphatic carbocycles. The minimum Gasteiger partial charge on any atom is -0.423 e. The molecule has 0 bridgehead atoms. The number of nitrogens with zero attached hydrogens (tertiary/aromatic N) is 3. The molecule has 0 amide bonds. The fourth-order valence-corrected chi connectivity index (χ4v) is 2.95. The highest BCUT2D eigenvalue weighted by Gasteiger charge is 2.22. The SMILES string of the molecule is CC(Nc1cccc(-c2nnco2)c1)C1CCN(C)CC1. The predicted molar refractivity (Wildman–Crippen MR) is 83.0 cm³/mol. The number of piperidine rings is 1. The molecule has 2 heterocycles. The molecule has 1 aromatic heterocycles. The van der Waals surface area contributed by atoms with E-state index in [1.165, 1.54) is 32.3 Å². The topological polar surface area (TPSA) is 54.2 Å².